The van der Waals surface area contributed by atoms with Gasteiger partial charge in [-0.2, -0.15) is 0 Å². The zero-order valence-electron chi connectivity index (χ0n) is 11.5. The molecule has 0 bridgehead atoms. The number of halogens is 2. The van der Waals surface area contributed by atoms with E-state index < -0.39 is 0 Å². The van der Waals surface area contributed by atoms with Crippen molar-refractivity contribution in [3.05, 3.63) is 82.8 Å². The minimum Gasteiger partial charge on any atom is -0.356 e. The first kappa shape index (κ1) is 20.0. The van der Waals surface area contributed by atoms with Crippen molar-refractivity contribution >= 4 is 11.4 Å². The molecule has 0 heterocycles. The summed E-state index contributed by atoms with van der Waals surface area (Å²) in [5.41, 5.74) is 2.24. The molecule has 2 aromatic carbocycles. The first-order valence-electron chi connectivity index (χ1n) is 6.29. The molecule has 2 aromatic rings. The van der Waals surface area contributed by atoms with Crippen LogP contribution >= 0.6 is 0 Å². The average molecular weight is 353 g/mol. The molecule has 0 saturated carbocycles. The van der Waals surface area contributed by atoms with Crippen LogP contribution in [-0.2, 0) is 20.4 Å². The van der Waals surface area contributed by atoms with Crippen LogP contribution in [0.4, 0.5) is 11.4 Å². The summed E-state index contributed by atoms with van der Waals surface area (Å²) >= 11 is 2.14. The normalized spacial score (nSPS) is 11.2. The SMILES string of the molecule is [Cl-].[Cl-].[Ti+2][C]1=CC=CC1.c1ccc(Nc2ccccc2)cc1. The Morgan fingerprint density at radius 3 is 1.52 bits per heavy atom. The molecule has 1 aliphatic rings. The van der Waals surface area contributed by atoms with Gasteiger partial charge in [0.25, 0.3) is 0 Å². The summed E-state index contributed by atoms with van der Waals surface area (Å²) in [5, 5.41) is 3.30. The predicted octanol–water partition coefficient (Wildman–Crippen LogP) is -1.18. The van der Waals surface area contributed by atoms with E-state index in [2.05, 4.69) is 44.0 Å². The summed E-state index contributed by atoms with van der Waals surface area (Å²) in [6.07, 6.45) is 7.56. The van der Waals surface area contributed by atoms with Gasteiger partial charge in [0.05, 0.1) is 0 Å². The Bertz CT molecular complexity index is 516. The Balaban J connectivity index is 0.000000430. The van der Waals surface area contributed by atoms with Crippen molar-refractivity contribution in [1.29, 1.82) is 0 Å². The molecule has 0 amide bonds. The van der Waals surface area contributed by atoms with Gasteiger partial charge in [-0.15, -0.1) is 0 Å². The molecular formula is C17H16Cl2NTi. The van der Waals surface area contributed by atoms with Gasteiger partial charge in [-0.1, -0.05) is 36.4 Å². The van der Waals surface area contributed by atoms with E-state index in [-0.39, 0.29) is 24.8 Å². The zero-order valence-corrected chi connectivity index (χ0v) is 14.5. The van der Waals surface area contributed by atoms with Crippen molar-refractivity contribution in [2.24, 2.45) is 0 Å². The third-order valence-electron chi connectivity index (χ3n) is 2.61. The Hall–Kier alpha value is -0.986. The molecule has 0 saturated heterocycles. The van der Waals surface area contributed by atoms with Gasteiger partial charge in [0.1, 0.15) is 0 Å². The van der Waals surface area contributed by atoms with E-state index in [0.717, 1.165) is 11.4 Å². The van der Waals surface area contributed by atoms with Gasteiger partial charge in [0, 0.05) is 11.4 Å². The Labute approximate surface area is 150 Å². The Morgan fingerprint density at radius 1 is 0.762 bits per heavy atom. The van der Waals surface area contributed by atoms with E-state index in [1.54, 1.807) is 0 Å². The third kappa shape index (κ3) is 8.13. The summed E-state index contributed by atoms with van der Waals surface area (Å²) < 4.78 is 1.47. The molecule has 107 valence electrons. The predicted molar refractivity (Wildman–Crippen MR) is 78.0 cm³/mol. The molecule has 0 atom stereocenters. The minimum atomic E-state index is 0. The zero-order chi connectivity index (χ0) is 13.3. The minimum absolute atomic E-state index is 0. The van der Waals surface area contributed by atoms with Gasteiger partial charge in [-0.3, -0.25) is 0 Å². The molecule has 3 rings (SSSR count). The maximum atomic E-state index is 3.30. The summed E-state index contributed by atoms with van der Waals surface area (Å²) in [5.74, 6) is 0. The summed E-state index contributed by atoms with van der Waals surface area (Å²) in [7, 11) is 0. The number of anilines is 2. The monoisotopic (exact) mass is 352 g/mol. The first-order valence-corrected chi connectivity index (χ1v) is 7.07. The van der Waals surface area contributed by atoms with E-state index in [4.69, 9.17) is 0 Å². The van der Waals surface area contributed by atoms with Crippen LogP contribution in [0.1, 0.15) is 6.42 Å². The van der Waals surface area contributed by atoms with E-state index in [1.807, 2.05) is 60.7 Å². The largest absolute Gasteiger partial charge is 0.356 e. The fourth-order valence-electron chi connectivity index (χ4n) is 1.66. The molecule has 1 N–H and O–H groups in total. The average Bonchev–Trinajstić information content (AvgIpc) is 2.93. The third-order valence-corrected chi connectivity index (χ3v) is 3.19. The number of nitrogens with one attached hydrogen (secondary N) is 1. The van der Waals surface area contributed by atoms with Crippen LogP contribution in [0.25, 0.3) is 0 Å². The molecule has 0 radical (unpaired) electrons. The van der Waals surface area contributed by atoms with Crippen LogP contribution in [0.3, 0.4) is 0 Å². The topological polar surface area (TPSA) is 12.0 Å². The van der Waals surface area contributed by atoms with Gasteiger partial charge in [-0.25, -0.2) is 0 Å². The maximum Gasteiger partial charge on any atom is 0.0384 e. The van der Waals surface area contributed by atoms with Crippen LogP contribution in [0, 0.1) is 0 Å². The maximum absolute atomic E-state index is 3.30. The molecule has 0 aromatic heterocycles. The number of benzene rings is 2. The van der Waals surface area contributed by atoms with Crippen LogP contribution in [0.5, 0.6) is 0 Å². The van der Waals surface area contributed by atoms with Gasteiger partial charge < -0.3 is 30.1 Å². The quantitative estimate of drug-likeness (QED) is 0.671. The molecule has 0 spiro atoms. The fraction of sp³-hybridized carbons (Fsp3) is 0.0588. The second-order valence-electron chi connectivity index (χ2n) is 4.18. The van der Waals surface area contributed by atoms with Crippen LogP contribution in [0.2, 0.25) is 0 Å². The molecule has 4 heteroatoms. The number of hydrogen-bond donors (Lipinski definition) is 1. The Morgan fingerprint density at radius 2 is 1.24 bits per heavy atom. The van der Waals surface area contributed by atoms with E-state index in [1.165, 1.54) is 10.3 Å². The number of rotatable bonds is 2. The van der Waals surface area contributed by atoms with E-state index in [9.17, 15) is 0 Å². The Kier molecular flexibility index (Phi) is 11.1. The first-order chi connectivity index (χ1) is 9.34. The smallest absolute Gasteiger partial charge is 0.0384 e. The summed E-state index contributed by atoms with van der Waals surface area (Å²) in [6.45, 7) is 0. The summed E-state index contributed by atoms with van der Waals surface area (Å²) in [6, 6.07) is 20.3. The fourth-order valence-corrected chi connectivity index (χ4v) is 1.99. The van der Waals surface area contributed by atoms with Gasteiger partial charge in [0.15, 0.2) is 0 Å². The van der Waals surface area contributed by atoms with Crippen molar-refractivity contribution in [2.75, 3.05) is 5.32 Å². The van der Waals surface area contributed by atoms with Crippen LogP contribution < -0.4 is 30.1 Å². The molecule has 1 aliphatic carbocycles. The van der Waals surface area contributed by atoms with Crippen molar-refractivity contribution in [3.8, 4) is 0 Å². The second-order valence-corrected chi connectivity index (χ2v) is 5.18. The molecule has 0 aliphatic heterocycles. The van der Waals surface area contributed by atoms with Crippen molar-refractivity contribution in [3.63, 3.8) is 0 Å². The van der Waals surface area contributed by atoms with Crippen molar-refractivity contribution in [2.45, 2.75) is 6.42 Å². The molecule has 1 nitrogen and oxygen atoms in total. The van der Waals surface area contributed by atoms with Crippen LogP contribution in [-0.4, -0.2) is 0 Å². The standard InChI is InChI=1S/C12H11N.C5H5.2ClH.Ti/c1-3-7-11(8-4-1)13-12-9-5-2-6-10-12;1-2-4-5-3-1;;;/h1-10,13H;1-3H,4H2;2*1H;/q;;;;+2/p-2. The summed E-state index contributed by atoms with van der Waals surface area (Å²) in [4.78, 5) is 0. The van der Waals surface area contributed by atoms with Gasteiger partial charge in [-0.05, 0) is 24.3 Å². The number of allylic oxidation sites excluding steroid dienone is 4. The van der Waals surface area contributed by atoms with Crippen molar-refractivity contribution in [1.82, 2.24) is 0 Å². The molecule has 0 fully saturated rings. The van der Waals surface area contributed by atoms with E-state index in [0.29, 0.717) is 0 Å². The molecular weight excluding hydrogens is 337 g/mol. The van der Waals surface area contributed by atoms with Crippen LogP contribution in [0.15, 0.2) is 82.8 Å². The van der Waals surface area contributed by atoms with Gasteiger partial charge >= 0.3 is 49.0 Å². The molecule has 0 unspecified atom stereocenters. The van der Waals surface area contributed by atoms with E-state index >= 15 is 0 Å². The van der Waals surface area contributed by atoms with Crippen molar-refractivity contribution < 1.29 is 45.2 Å². The van der Waals surface area contributed by atoms with Gasteiger partial charge in [0.2, 0.25) is 0 Å². The second kappa shape index (κ2) is 11.6. The number of hydrogen-bond acceptors (Lipinski definition) is 1. The number of para-hydroxylation sites is 2. The molecule has 21 heavy (non-hydrogen) atoms.